The smallest absolute Gasteiger partial charge is 0.345 e. The molecule has 0 bridgehead atoms. The van der Waals surface area contributed by atoms with Crippen molar-refractivity contribution in [3.8, 4) is 6.01 Å². The molecule has 2 aromatic carbocycles. The van der Waals surface area contributed by atoms with E-state index in [-0.39, 0.29) is 11.9 Å². The Morgan fingerprint density at radius 3 is 2.80 bits per heavy atom. The molecule has 0 saturated carbocycles. The highest BCUT2D eigenvalue weighted by atomic mass is 16.5. The van der Waals surface area contributed by atoms with Crippen molar-refractivity contribution >= 4 is 40.1 Å². The van der Waals surface area contributed by atoms with E-state index in [1.165, 1.54) is 6.20 Å². The van der Waals surface area contributed by atoms with Crippen molar-refractivity contribution in [3.05, 3.63) is 65.9 Å². The SMILES string of the molecule is O=C1CCc2ccc(Nc3nc(OC(=O)c4ccccc4)nc4cn[nH]c34)cc2N1. The van der Waals surface area contributed by atoms with Gasteiger partial charge in [0.05, 0.1) is 11.8 Å². The Morgan fingerprint density at radius 1 is 1.07 bits per heavy atom. The van der Waals surface area contributed by atoms with Crippen molar-refractivity contribution in [3.63, 3.8) is 0 Å². The van der Waals surface area contributed by atoms with Gasteiger partial charge in [-0.25, -0.2) is 4.79 Å². The quantitative estimate of drug-likeness (QED) is 0.450. The number of aromatic amines is 1. The molecule has 148 valence electrons. The summed E-state index contributed by atoms with van der Waals surface area (Å²) in [5.41, 5.74) is 4.01. The zero-order valence-electron chi connectivity index (χ0n) is 15.7. The van der Waals surface area contributed by atoms with E-state index in [1.54, 1.807) is 24.3 Å². The number of aromatic nitrogens is 4. The number of nitrogens with zero attached hydrogens (tertiary/aromatic N) is 3. The van der Waals surface area contributed by atoms with E-state index >= 15 is 0 Å². The van der Waals surface area contributed by atoms with Gasteiger partial charge in [0, 0.05) is 17.8 Å². The third-order valence-electron chi connectivity index (χ3n) is 4.74. The second-order valence-electron chi connectivity index (χ2n) is 6.79. The molecule has 1 aliphatic heterocycles. The maximum atomic E-state index is 12.4. The van der Waals surface area contributed by atoms with Crippen LogP contribution >= 0.6 is 0 Å². The number of aryl methyl sites for hydroxylation is 1. The first kappa shape index (κ1) is 17.8. The van der Waals surface area contributed by atoms with Gasteiger partial charge in [0.15, 0.2) is 5.82 Å². The number of nitrogens with one attached hydrogen (secondary N) is 3. The summed E-state index contributed by atoms with van der Waals surface area (Å²) in [5.74, 6) is -0.163. The summed E-state index contributed by atoms with van der Waals surface area (Å²) in [6.45, 7) is 0. The van der Waals surface area contributed by atoms with Gasteiger partial charge in [0.25, 0.3) is 0 Å². The number of hydrogen-bond donors (Lipinski definition) is 3. The zero-order valence-corrected chi connectivity index (χ0v) is 15.7. The average Bonchev–Trinajstić information content (AvgIpc) is 3.23. The molecule has 3 heterocycles. The lowest BCUT2D eigenvalue weighted by molar-refractivity contribution is -0.116. The Kier molecular flexibility index (Phi) is 4.32. The molecule has 2 aromatic heterocycles. The molecule has 30 heavy (non-hydrogen) atoms. The third-order valence-corrected chi connectivity index (χ3v) is 4.74. The van der Waals surface area contributed by atoms with Crippen LogP contribution in [0, 0.1) is 0 Å². The Labute approximate surface area is 170 Å². The van der Waals surface area contributed by atoms with Crippen LogP contribution in [0.4, 0.5) is 17.2 Å². The maximum Gasteiger partial charge on any atom is 0.345 e. The molecule has 0 unspecified atom stereocenters. The van der Waals surface area contributed by atoms with E-state index in [9.17, 15) is 9.59 Å². The minimum Gasteiger partial charge on any atom is -0.387 e. The lowest BCUT2D eigenvalue weighted by atomic mass is 10.0. The Hall–Kier alpha value is -4.27. The number of H-pyrrole nitrogens is 1. The van der Waals surface area contributed by atoms with Gasteiger partial charge in [-0.3, -0.25) is 9.89 Å². The molecule has 9 nitrogen and oxygen atoms in total. The second-order valence-corrected chi connectivity index (χ2v) is 6.79. The molecular weight excluding hydrogens is 384 g/mol. The highest BCUT2D eigenvalue weighted by Gasteiger charge is 2.17. The highest BCUT2D eigenvalue weighted by molar-refractivity contribution is 5.95. The van der Waals surface area contributed by atoms with Crippen molar-refractivity contribution in [2.24, 2.45) is 0 Å². The van der Waals surface area contributed by atoms with Gasteiger partial charge in [0.2, 0.25) is 5.91 Å². The summed E-state index contributed by atoms with van der Waals surface area (Å²) in [4.78, 5) is 32.6. The molecule has 5 rings (SSSR count). The Bertz CT molecular complexity index is 1270. The highest BCUT2D eigenvalue weighted by Crippen LogP contribution is 2.29. The molecule has 4 aromatic rings. The number of carbonyl (C=O) groups is 2. The van der Waals surface area contributed by atoms with Gasteiger partial charge in [-0.05, 0) is 36.2 Å². The normalized spacial score (nSPS) is 12.9. The number of carbonyl (C=O) groups excluding carboxylic acids is 2. The molecule has 1 amide bonds. The van der Waals surface area contributed by atoms with Crippen LogP contribution in [0.3, 0.4) is 0 Å². The van der Waals surface area contributed by atoms with Crippen LogP contribution in [0.2, 0.25) is 0 Å². The fourth-order valence-corrected chi connectivity index (χ4v) is 3.26. The Balaban J connectivity index is 1.46. The first-order valence-electron chi connectivity index (χ1n) is 9.34. The fourth-order valence-electron chi connectivity index (χ4n) is 3.26. The number of amides is 1. The first-order valence-corrected chi connectivity index (χ1v) is 9.34. The van der Waals surface area contributed by atoms with Gasteiger partial charge in [0.1, 0.15) is 11.0 Å². The molecule has 1 aliphatic rings. The van der Waals surface area contributed by atoms with Gasteiger partial charge in [-0.1, -0.05) is 24.3 Å². The lowest BCUT2D eigenvalue weighted by Crippen LogP contribution is -2.18. The summed E-state index contributed by atoms with van der Waals surface area (Å²) < 4.78 is 5.36. The van der Waals surface area contributed by atoms with Crippen molar-refractivity contribution in [2.75, 3.05) is 10.6 Å². The van der Waals surface area contributed by atoms with E-state index in [0.29, 0.717) is 40.9 Å². The predicted octanol–water partition coefficient (Wildman–Crippen LogP) is 3.20. The van der Waals surface area contributed by atoms with Crippen LogP contribution in [0.25, 0.3) is 11.0 Å². The first-order chi connectivity index (χ1) is 14.7. The Morgan fingerprint density at radius 2 is 1.93 bits per heavy atom. The zero-order chi connectivity index (χ0) is 20.5. The minimum atomic E-state index is -0.555. The molecule has 0 spiro atoms. The number of ether oxygens (including phenoxy) is 1. The predicted molar refractivity (Wildman–Crippen MR) is 110 cm³/mol. The third kappa shape index (κ3) is 3.44. The number of rotatable bonds is 4. The van der Waals surface area contributed by atoms with E-state index in [2.05, 4.69) is 30.8 Å². The van der Waals surface area contributed by atoms with E-state index in [0.717, 1.165) is 11.3 Å². The molecule has 0 fully saturated rings. The molecular formula is C21H16N6O3. The van der Waals surface area contributed by atoms with E-state index < -0.39 is 5.97 Å². The average molecular weight is 400 g/mol. The van der Waals surface area contributed by atoms with Crippen LogP contribution in [0.15, 0.2) is 54.7 Å². The number of hydrogen-bond acceptors (Lipinski definition) is 7. The van der Waals surface area contributed by atoms with Crippen molar-refractivity contribution in [1.82, 2.24) is 20.2 Å². The van der Waals surface area contributed by atoms with Crippen LogP contribution in [-0.2, 0) is 11.2 Å². The molecule has 9 heteroatoms. The largest absolute Gasteiger partial charge is 0.387 e. The van der Waals surface area contributed by atoms with Crippen LogP contribution in [0.5, 0.6) is 6.01 Å². The lowest BCUT2D eigenvalue weighted by Gasteiger charge is -2.18. The van der Waals surface area contributed by atoms with Crippen LogP contribution in [0.1, 0.15) is 22.3 Å². The topological polar surface area (TPSA) is 122 Å². The van der Waals surface area contributed by atoms with Gasteiger partial charge >= 0.3 is 12.0 Å². The fraction of sp³-hybridized carbons (Fsp3) is 0.0952. The molecule has 0 saturated heterocycles. The molecule has 0 aliphatic carbocycles. The van der Waals surface area contributed by atoms with Crippen LogP contribution in [-0.4, -0.2) is 32.0 Å². The van der Waals surface area contributed by atoms with Crippen molar-refractivity contribution in [1.29, 1.82) is 0 Å². The van der Waals surface area contributed by atoms with Crippen molar-refractivity contribution in [2.45, 2.75) is 12.8 Å². The monoisotopic (exact) mass is 400 g/mol. The molecule has 0 radical (unpaired) electrons. The standard InChI is InChI=1S/C21H16N6O3/c28-17-9-7-12-6-8-14(10-15(12)24-17)23-19-18-16(11-22-27-18)25-21(26-19)30-20(29)13-4-2-1-3-5-13/h1-6,8,10-11H,7,9H2,(H,22,27)(H,24,28)(H,23,25,26). The van der Waals surface area contributed by atoms with Gasteiger partial charge < -0.3 is 15.4 Å². The maximum absolute atomic E-state index is 12.4. The van der Waals surface area contributed by atoms with Crippen molar-refractivity contribution < 1.29 is 14.3 Å². The number of fused-ring (bicyclic) bond motifs is 2. The summed E-state index contributed by atoms with van der Waals surface area (Å²) >= 11 is 0. The summed E-state index contributed by atoms with van der Waals surface area (Å²) in [6.07, 6.45) is 2.71. The van der Waals surface area contributed by atoms with E-state index in [1.807, 2.05) is 24.3 Å². The minimum absolute atomic E-state index is 0.00671. The summed E-state index contributed by atoms with van der Waals surface area (Å²) in [6, 6.07) is 14.2. The number of benzene rings is 2. The summed E-state index contributed by atoms with van der Waals surface area (Å²) in [7, 11) is 0. The van der Waals surface area contributed by atoms with Gasteiger partial charge in [-0.15, -0.1) is 0 Å². The molecule has 0 atom stereocenters. The number of anilines is 3. The van der Waals surface area contributed by atoms with Gasteiger partial charge in [-0.2, -0.15) is 15.1 Å². The second kappa shape index (κ2) is 7.28. The molecule has 3 N–H and O–H groups in total. The van der Waals surface area contributed by atoms with Crippen LogP contribution < -0.4 is 15.4 Å². The summed E-state index contributed by atoms with van der Waals surface area (Å²) in [5, 5.41) is 12.9. The number of esters is 1. The van der Waals surface area contributed by atoms with E-state index in [4.69, 9.17) is 4.74 Å².